The molecule has 0 spiro atoms. The highest BCUT2D eigenvalue weighted by atomic mass is 32.1. The summed E-state index contributed by atoms with van der Waals surface area (Å²) in [5.74, 6) is -0.111. The number of carbonyl (C=O) groups is 2. The zero-order chi connectivity index (χ0) is 18.2. The van der Waals surface area contributed by atoms with Gasteiger partial charge in [-0.3, -0.25) is 9.59 Å². The largest absolute Gasteiger partial charge is 0.347 e. The molecular formula is C20H23N3O2S. The minimum absolute atomic E-state index is 0.0161. The number of thiazole rings is 1. The lowest BCUT2D eigenvalue weighted by Crippen LogP contribution is -2.55. The van der Waals surface area contributed by atoms with Gasteiger partial charge in [0.05, 0.1) is 0 Å². The van der Waals surface area contributed by atoms with Crippen molar-refractivity contribution < 1.29 is 9.59 Å². The van der Waals surface area contributed by atoms with Gasteiger partial charge in [-0.25, -0.2) is 4.98 Å². The number of hydrogen-bond acceptors (Lipinski definition) is 4. The number of rotatable bonds is 4. The van der Waals surface area contributed by atoms with Gasteiger partial charge >= 0.3 is 0 Å². The third-order valence-electron chi connectivity index (χ3n) is 5.73. The van der Waals surface area contributed by atoms with Gasteiger partial charge in [0.2, 0.25) is 0 Å². The van der Waals surface area contributed by atoms with Crippen molar-refractivity contribution in [1.29, 1.82) is 0 Å². The average Bonchev–Trinajstić information content (AvgIpc) is 3.22. The smallest absolute Gasteiger partial charge is 0.280 e. The first-order chi connectivity index (χ1) is 12.5. The molecule has 2 N–H and O–H groups in total. The predicted molar refractivity (Wildman–Crippen MR) is 101 cm³/mol. The topological polar surface area (TPSA) is 71.1 Å². The van der Waals surface area contributed by atoms with Crippen molar-refractivity contribution in [2.75, 3.05) is 0 Å². The van der Waals surface area contributed by atoms with Gasteiger partial charge in [0, 0.05) is 28.2 Å². The SMILES string of the molecule is Cc1cccc(C(=O)NC23CCCC(NC(=O)c4nccs4)(CC2)C3)c1. The fourth-order valence-electron chi connectivity index (χ4n) is 4.56. The predicted octanol–water partition coefficient (Wildman–Crippen LogP) is 3.46. The number of aryl methyl sites for hydroxylation is 1. The molecule has 2 amide bonds. The first-order valence-electron chi connectivity index (χ1n) is 9.11. The maximum atomic E-state index is 12.8. The van der Waals surface area contributed by atoms with Gasteiger partial charge in [0.1, 0.15) is 0 Å². The van der Waals surface area contributed by atoms with Crippen molar-refractivity contribution in [3.63, 3.8) is 0 Å². The molecule has 136 valence electrons. The molecule has 6 heteroatoms. The third-order valence-corrected chi connectivity index (χ3v) is 6.51. The van der Waals surface area contributed by atoms with E-state index in [1.54, 1.807) is 6.20 Å². The van der Waals surface area contributed by atoms with Crippen LogP contribution in [-0.2, 0) is 0 Å². The van der Waals surface area contributed by atoms with E-state index in [9.17, 15) is 9.59 Å². The summed E-state index contributed by atoms with van der Waals surface area (Å²) in [7, 11) is 0. The molecular weight excluding hydrogens is 346 g/mol. The van der Waals surface area contributed by atoms with E-state index in [-0.39, 0.29) is 22.9 Å². The Morgan fingerprint density at radius 3 is 2.46 bits per heavy atom. The lowest BCUT2D eigenvalue weighted by Gasteiger charge is -2.40. The molecule has 1 aromatic carbocycles. The number of aromatic nitrogens is 1. The van der Waals surface area contributed by atoms with Crippen LogP contribution < -0.4 is 10.6 Å². The minimum atomic E-state index is -0.221. The van der Waals surface area contributed by atoms with E-state index in [0.717, 1.165) is 44.1 Å². The summed E-state index contributed by atoms with van der Waals surface area (Å²) >= 11 is 1.36. The fraction of sp³-hybridized carbons (Fsp3) is 0.450. The zero-order valence-corrected chi connectivity index (χ0v) is 15.7. The van der Waals surface area contributed by atoms with Crippen LogP contribution in [0.1, 0.15) is 64.2 Å². The molecule has 2 bridgehead atoms. The summed E-state index contributed by atoms with van der Waals surface area (Å²) in [6, 6.07) is 7.68. The Morgan fingerprint density at radius 2 is 1.81 bits per heavy atom. The number of hydrogen-bond donors (Lipinski definition) is 2. The van der Waals surface area contributed by atoms with E-state index in [0.29, 0.717) is 10.6 Å². The monoisotopic (exact) mass is 369 g/mol. The Hall–Kier alpha value is -2.21. The van der Waals surface area contributed by atoms with Crippen molar-refractivity contribution in [2.45, 2.75) is 56.5 Å². The van der Waals surface area contributed by atoms with Crippen molar-refractivity contribution in [1.82, 2.24) is 15.6 Å². The first-order valence-corrected chi connectivity index (χ1v) is 9.99. The van der Waals surface area contributed by atoms with Crippen LogP contribution in [-0.4, -0.2) is 27.9 Å². The molecule has 0 aliphatic heterocycles. The van der Waals surface area contributed by atoms with Crippen LogP contribution in [0.2, 0.25) is 0 Å². The van der Waals surface area contributed by atoms with Crippen molar-refractivity contribution in [2.24, 2.45) is 0 Å². The lowest BCUT2D eigenvalue weighted by molar-refractivity contribution is 0.0832. The number of carbonyl (C=O) groups excluding carboxylic acids is 2. The maximum Gasteiger partial charge on any atom is 0.280 e. The lowest BCUT2D eigenvalue weighted by atomic mass is 9.78. The Balaban J connectivity index is 1.48. The fourth-order valence-corrected chi connectivity index (χ4v) is 5.09. The van der Waals surface area contributed by atoms with Gasteiger partial charge in [0.15, 0.2) is 5.01 Å². The van der Waals surface area contributed by atoms with Crippen LogP contribution in [0.25, 0.3) is 0 Å². The quantitative estimate of drug-likeness (QED) is 0.867. The van der Waals surface area contributed by atoms with E-state index in [4.69, 9.17) is 0 Å². The van der Waals surface area contributed by atoms with Crippen LogP contribution in [0.5, 0.6) is 0 Å². The Labute approximate surface area is 157 Å². The number of nitrogens with zero attached hydrogens (tertiary/aromatic N) is 1. The summed E-state index contributed by atoms with van der Waals surface area (Å²) in [6.07, 6.45) is 7.20. The highest BCUT2D eigenvalue weighted by Gasteiger charge is 2.52. The molecule has 4 rings (SSSR count). The molecule has 2 aliphatic carbocycles. The molecule has 2 fully saturated rings. The average molecular weight is 369 g/mol. The standard InChI is InChI=1S/C20H23N3O2S/c1-14-4-2-5-15(12-14)16(24)22-19-6-3-7-20(13-19,9-8-19)23-17(25)18-21-10-11-26-18/h2,4-5,10-12H,3,6-9,13H2,1H3,(H,22,24)(H,23,25). The number of benzene rings is 1. The van der Waals surface area contributed by atoms with E-state index in [1.807, 2.05) is 36.6 Å². The van der Waals surface area contributed by atoms with Gasteiger partial charge in [-0.1, -0.05) is 17.7 Å². The molecule has 2 saturated carbocycles. The summed E-state index contributed by atoms with van der Waals surface area (Å²) in [5.41, 5.74) is 1.35. The van der Waals surface area contributed by atoms with Crippen LogP contribution in [0, 0.1) is 6.92 Å². The summed E-state index contributed by atoms with van der Waals surface area (Å²) in [5, 5.41) is 8.85. The normalized spacial score (nSPS) is 27.1. The molecule has 1 aromatic heterocycles. The Bertz CT molecular complexity index is 835. The maximum absolute atomic E-state index is 12.8. The molecule has 5 nitrogen and oxygen atoms in total. The zero-order valence-electron chi connectivity index (χ0n) is 14.9. The van der Waals surface area contributed by atoms with Gasteiger partial charge in [0.25, 0.3) is 11.8 Å². The molecule has 2 aromatic rings. The highest BCUT2D eigenvalue weighted by Crippen LogP contribution is 2.48. The Morgan fingerprint density at radius 1 is 1.08 bits per heavy atom. The second-order valence-corrected chi connectivity index (χ2v) is 8.60. The summed E-state index contributed by atoms with van der Waals surface area (Å²) in [6.45, 7) is 1.99. The van der Waals surface area contributed by atoms with Crippen LogP contribution >= 0.6 is 11.3 Å². The van der Waals surface area contributed by atoms with E-state index < -0.39 is 0 Å². The summed E-state index contributed by atoms with van der Waals surface area (Å²) < 4.78 is 0. The van der Waals surface area contributed by atoms with Crippen LogP contribution in [0.3, 0.4) is 0 Å². The number of amides is 2. The van der Waals surface area contributed by atoms with E-state index in [1.165, 1.54) is 11.3 Å². The second kappa shape index (κ2) is 6.50. The van der Waals surface area contributed by atoms with Crippen molar-refractivity contribution in [3.05, 3.63) is 52.0 Å². The number of nitrogens with one attached hydrogen (secondary N) is 2. The molecule has 0 radical (unpaired) electrons. The van der Waals surface area contributed by atoms with Gasteiger partial charge in [-0.2, -0.15) is 0 Å². The molecule has 1 heterocycles. The molecule has 26 heavy (non-hydrogen) atoms. The Kier molecular flexibility index (Phi) is 4.31. The van der Waals surface area contributed by atoms with Crippen molar-refractivity contribution in [3.8, 4) is 0 Å². The third kappa shape index (κ3) is 3.26. The van der Waals surface area contributed by atoms with E-state index in [2.05, 4.69) is 15.6 Å². The minimum Gasteiger partial charge on any atom is -0.347 e. The molecule has 2 aliphatic rings. The van der Waals surface area contributed by atoms with Gasteiger partial charge in [-0.05, 0) is 57.6 Å². The van der Waals surface area contributed by atoms with Crippen LogP contribution in [0.15, 0.2) is 35.8 Å². The molecule has 2 unspecified atom stereocenters. The highest BCUT2D eigenvalue weighted by molar-refractivity contribution is 7.11. The molecule has 0 saturated heterocycles. The number of fused-ring (bicyclic) bond motifs is 2. The van der Waals surface area contributed by atoms with Gasteiger partial charge < -0.3 is 10.6 Å². The second-order valence-electron chi connectivity index (χ2n) is 7.71. The van der Waals surface area contributed by atoms with Crippen molar-refractivity contribution >= 4 is 23.2 Å². The first kappa shape index (κ1) is 17.2. The van der Waals surface area contributed by atoms with Crippen LogP contribution in [0.4, 0.5) is 0 Å². The van der Waals surface area contributed by atoms with E-state index >= 15 is 0 Å². The molecule has 2 atom stereocenters. The van der Waals surface area contributed by atoms with Gasteiger partial charge in [-0.15, -0.1) is 11.3 Å². The summed E-state index contributed by atoms with van der Waals surface area (Å²) in [4.78, 5) is 29.4.